The summed E-state index contributed by atoms with van der Waals surface area (Å²) < 4.78 is 5.02. The average Bonchev–Trinajstić information content (AvgIpc) is 2.58. The predicted octanol–water partition coefficient (Wildman–Crippen LogP) is 0.559. The molecule has 0 unspecified atom stereocenters. The van der Waals surface area contributed by atoms with E-state index < -0.39 is 5.41 Å². The molecule has 4 heteroatoms. The molecule has 2 atom stereocenters. The summed E-state index contributed by atoms with van der Waals surface area (Å²) in [6, 6.07) is -0.313. The third-order valence-corrected chi connectivity index (χ3v) is 2.72. The van der Waals surface area contributed by atoms with Gasteiger partial charge in [-0.2, -0.15) is 0 Å². The van der Waals surface area contributed by atoms with Gasteiger partial charge in [0.25, 0.3) is 0 Å². The molecule has 4 nitrogen and oxygen atoms in total. The van der Waals surface area contributed by atoms with Gasteiger partial charge in [-0.15, -0.1) is 0 Å². The number of hydrogen-bond acceptors (Lipinski definition) is 3. The highest BCUT2D eigenvalue weighted by atomic mass is 16.6. The van der Waals surface area contributed by atoms with Crippen molar-refractivity contribution in [3.8, 4) is 0 Å². The molecule has 78 valence electrons. The Bertz CT molecular complexity index is 292. The second-order valence-corrected chi connectivity index (χ2v) is 5.02. The van der Waals surface area contributed by atoms with Gasteiger partial charge in [-0.05, 0) is 0 Å². The Hall–Kier alpha value is -1.06. The molecular formula is C10H15NO3. The summed E-state index contributed by atoms with van der Waals surface area (Å²) in [4.78, 5) is 24.8. The quantitative estimate of drug-likeness (QED) is 0.533. The minimum absolute atomic E-state index is 0.0432. The lowest BCUT2D eigenvalue weighted by molar-refractivity contribution is -0.160. The molecule has 2 aliphatic heterocycles. The molecule has 0 radical (unpaired) electrons. The van der Waals surface area contributed by atoms with E-state index in [0.717, 1.165) is 0 Å². The second kappa shape index (κ2) is 2.72. The van der Waals surface area contributed by atoms with E-state index in [1.54, 1.807) is 4.90 Å². The zero-order chi connectivity index (χ0) is 10.5. The molecule has 2 fully saturated rings. The predicted molar refractivity (Wildman–Crippen MR) is 49.5 cm³/mol. The number of hydrogen-bond donors (Lipinski definition) is 0. The Morgan fingerprint density at radius 3 is 2.57 bits per heavy atom. The van der Waals surface area contributed by atoms with Gasteiger partial charge in [0.05, 0.1) is 6.54 Å². The Balaban J connectivity index is 2.15. The van der Waals surface area contributed by atoms with E-state index in [4.69, 9.17) is 4.74 Å². The first-order valence-corrected chi connectivity index (χ1v) is 4.91. The lowest BCUT2D eigenvalue weighted by atomic mass is 9.94. The lowest BCUT2D eigenvalue weighted by Crippen LogP contribution is -2.48. The van der Waals surface area contributed by atoms with E-state index in [-0.39, 0.29) is 24.0 Å². The molecule has 0 N–H and O–H groups in total. The number of likely N-dealkylation sites (tertiary alicyclic amines) is 1. The Morgan fingerprint density at radius 1 is 1.50 bits per heavy atom. The van der Waals surface area contributed by atoms with Crippen LogP contribution in [0, 0.1) is 5.41 Å². The topological polar surface area (TPSA) is 46.6 Å². The van der Waals surface area contributed by atoms with E-state index >= 15 is 0 Å². The number of carbonyl (C=O) groups excluding carboxylic acids is 2. The van der Waals surface area contributed by atoms with E-state index in [2.05, 4.69) is 0 Å². The van der Waals surface area contributed by atoms with Crippen LogP contribution in [0.15, 0.2) is 0 Å². The number of morpholine rings is 1. The minimum atomic E-state index is -0.412. The van der Waals surface area contributed by atoms with E-state index in [1.165, 1.54) is 0 Å². The van der Waals surface area contributed by atoms with Crippen LogP contribution in [-0.2, 0) is 14.3 Å². The summed E-state index contributed by atoms with van der Waals surface area (Å²) in [5.41, 5.74) is -0.412. The molecule has 0 saturated carbocycles. The molecule has 0 aromatic heterocycles. The molecule has 0 aliphatic carbocycles. The number of esters is 1. The van der Waals surface area contributed by atoms with Crippen LogP contribution < -0.4 is 0 Å². The van der Waals surface area contributed by atoms with Crippen LogP contribution in [0.3, 0.4) is 0 Å². The van der Waals surface area contributed by atoms with Gasteiger partial charge in [-0.25, -0.2) is 4.79 Å². The summed E-state index contributed by atoms with van der Waals surface area (Å²) in [5, 5.41) is 0. The highest BCUT2D eigenvalue weighted by Gasteiger charge is 2.50. The molecule has 0 spiro atoms. The van der Waals surface area contributed by atoms with Crippen molar-refractivity contribution < 1.29 is 14.3 Å². The average molecular weight is 197 g/mol. The van der Waals surface area contributed by atoms with Crippen molar-refractivity contribution in [1.29, 1.82) is 0 Å². The minimum Gasteiger partial charge on any atom is -0.459 e. The largest absolute Gasteiger partial charge is 0.459 e. The third kappa shape index (κ3) is 1.29. The van der Waals surface area contributed by atoms with Gasteiger partial charge >= 0.3 is 5.97 Å². The molecule has 2 rings (SSSR count). The molecule has 2 bridgehead atoms. The van der Waals surface area contributed by atoms with Crippen molar-refractivity contribution in [3.63, 3.8) is 0 Å². The highest BCUT2D eigenvalue weighted by molar-refractivity contribution is 5.89. The maximum atomic E-state index is 11.9. The molecular weight excluding hydrogens is 182 g/mol. The summed E-state index contributed by atoms with van der Waals surface area (Å²) in [6.45, 7) is 6.18. The SMILES string of the molecule is CC(C)(C)C(=O)N1C[C@@H]2C[C@@H]1C(=O)O2. The first-order chi connectivity index (χ1) is 6.39. The van der Waals surface area contributed by atoms with Crippen LogP contribution in [0.2, 0.25) is 0 Å². The fraction of sp³-hybridized carbons (Fsp3) is 0.800. The summed E-state index contributed by atoms with van der Waals surface area (Å²) in [6.07, 6.45) is 0.625. The van der Waals surface area contributed by atoms with Gasteiger partial charge in [-0.3, -0.25) is 4.79 Å². The van der Waals surface area contributed by atoms with Crippen molar-refractivity contribution in [1.82, 2.24) is 4.90 Å². The van der Waals surface area contributed by atoms with Crippen LogP contribution in [0.4, 0.5) is 0 Å². The molecule has 0 aromatic rings. The van der Waals surface area contributed by atoms with Crippen molar-refractivity contribution in [2.45, 2.75) is 39.3 Å². The van der Waals surface area contributed by atoms with E-state index in [9.17, 15) is 9.59 Å². The van der Waals surface area contributed by atoms with Crippen molar-refractivity contribution in [3.05, 3.63) is 0 Å². The summed E-state index contributed by atoms with van der Waals surface area (Å²) >= 11 is 0. The Morgan fingerprint density at radius 2 is 2.14 bits per heavy atom. The Labute approximate surface area is 83.2 Å². The highest BCUT2D eigenvalue weighted by Crippen LogP contribution is 2.32. The third-order valence-electron chi connectivity index (χ3n) is 2.72. The van der Waals surface area contributed by atoms with E-state index in [1.807, 2.05) is 20.8 Å². The van der Waals surface area contributed by atoms with Gasteiger partial charge in [0, 0.05) is 11.8 Å². The standard InChI is InChI=1S/C10H15NO3/c1-10(2,3)9(13)11-5-6-4-7(11)8(12)14-6/h6-7H,4-5H2,1-3H3/t6-,7+/m0/s1. The van der Waals surface area contributed by atoms with Crippen LogP contribution in [-0.4, -0.2) is 35.5 Å². The zero-order valence-electron chi connectivity index (χ0n) is 8.74. The van der Waals surface area contributed by atoms with Gasteiger partial charge < -0.3 is 9.64 Å². The first kappa shape index (κ1) is 9.49. The number of nitrogens with zero attached hydrogens (tertiary/aromatic N) is 1. The maximum absolute atomic E-state index is 11.9. The molecule has 2 heterocycles. The fourth-order valence-electron chi connectivity index (χ4n) is 2.00. The van der Waals surface area contributed by atoms with Gasteiger partial charge in [-0.1, -0.05) is 20.8 Å². The number of amides is 1. The number of carbonyl (C=O) groups is 2. The number of rotatable bonds is 0. The number of ether oxygens (including phenoxy) is 1. The summed E-state index contributed by atoms with van der Waals surface area (Å²) in [5.74, 6) is -0.194. The smallest absolute Gasteiger partial charge is 0.329 e. The molecule has 1 amide bonds. The second-order valence-electron chi connectivity index (χ2n) is 5.02. The van der Waals surface area contributed by atoms with Gasteiger partial charge in [0.2, 0.25) is 5.91 Å². The van der Waals surface area contributed by atoms with Crippen LogP contribution in [0.5, 0.6) is 0 Å². The fourth-order valence-corrected chi connectivity index (χ4v) is 2.00. The van der Waals surface area contributed by atoms with Crippen LogP contribution in [0.25, 0.3) is 0 Å². The molecule has 2 saturated heterocycles. The molecule has 0 aromatic carbocycles. The van der Waals surface area contributed by atoms with Gasteiger partial charge in [0.1, 0.15) is 12.1 Å². The normalized spacial score (nSPS) is 30.8. The maximum Gasteiger partial charge on any atom is 0.329 e. The Kier molecular flexibility index (Phi) is 1.84. The molecule has 2 aliphatic rings. The first-order valence-electron chi connectivity index (χ1n) is 4.91. The van der Waals surface area contributed by atoms with E-state index in [0.29, 0.717) is 13.0 Å². The van der Waals surface area contributed by atoms with Crippen molar-refractivity contribution in [2.24, 2.45) is 5.41 Å². The van der Waals surface area contributed by atoms with Crippen LogP contribution in [0.1, 0.15) is 27.2 Å². The lowest BCUT2D eigenvalue weighted by Gasteiger charge is -2.31. The van der Waals surface area contributed by atoms with Crippen LogP contribution >= 0.6 is 0 Å². The zero-order valence-corrected chi connectivity index (χ0v) is 8.74. The van der Waals surface area contributed by atoms with Crippen molar-refractivity contribution in [2.75, 3.05) is 6.54 Å². The van der Waals surface area contributed by atoms with Gasteiger partial charge in [0.15, 0.2) is 0 Å². The number of fused-ring (bicyclic) bond motifs is 2. The monoisotopic (exact) mass is 197 g/mol. The van der Waals surface area contributed by atoms with Crippen molar-refractivity contribution >= 4 is 11.9 Å². The summed E-state index contributed by atoms with van der Waals surface area (Å²) in [7, 11) is 0. The molecule has 14 heavy (non-hydrogen) atoms.